The van der Waals surface area contributed by atoms with Crippen LogP contribution in [0, 0.1) is 13.8 Å². The van der Waals surface area contributed by atoms with Gasteiger partial charge in [-0.3, -0.25) is 9.59 Å². The Labute approximate surface area is 176 Å². The molecule has 0 aliphatic rings. The summed E-state index contributed by atoms with van der Waals surface area (Å²) in [6.07, 6.45) is 1.64. The average molecular weight is 408 g/mol. The molecule has 1 aromatic heterocycles. The molecule has 0 N–H and O–H groups in total. The van der Waals surface area contributed by atoms with E-state index in [0.29, 0.717) is 40.9 Å². The zero-order valence-corrected chi connectivity index (χ0v) is 18.4. The third-order valence-electron chi connectivity index (χ3n) is 5.52. The molecular formula is C24H28N2O4. The Morgan fingerprint density at radius 3 is 2.13 bits per heavy atom. The van der Waals surface area contributed by atoms with E-state index >= 15 is 0 Å². The molecular weight excluding hydrogens is 380 g/mol. The van der Waals surface area contributed by atoms with E-state index in [1.54, 1.807) is 27.8 Å². The molecule has 3 rings (SSSR count). The molecule has 0 aliphatic heterocycles. The van der Waals surface area contributed by atoms with Crippen LogP contribution in [-0.2, 0) is 6.54 Å². The number of aryl methyl sites for hydroxylation is 3. The second-order valence-electron chi connectivity index (χ2n) is 7.20. The first kappa shape index (κ1) is 21.4. The Morgan fingerprint density at radius 2 is 1.60 bits per heavy atom. The standard InChI is InChI=1S/C24H28N2O4/c1-7-25-14-20(18-12-21(29-5)22(30-6)13-19(18)23(25)27)24(28)26(8-2)17-10-9-15(3)16(4)11-17/h9-14H,7-8H2,1-6H3. The minimum atomic E-state index is -0.167. The van der Waals surface area contributed by atoms with Crippen LogP contribution in [0.3, 0.4) is 0 Å². The molecule has 1 heterocycles. The zero-order chi connectivity index (χ0) is 22.0. The molecule has 0 unspecified atom stereocenters. The smallest absolute Gasteiger partial charge is 0.260 e. The van der Waals surface area contributed by atoms with Crippen LogP contribution in [0.2, 0.25) is 0 Å². The van der Waals surface area contributed by atoms with Gasteiger partial charge in [-0.1, -0.05) is 6.07 Å². The van der Waals surface area contributed by atoms with Gasteiger partial charge in [-0.15, -0.1) is 0 Å². The van der Waals surface area contributed by atoms with E-state index in [1.165, 1.54) is 19.8 Å². The first-order valence-electron chi connectivity index (χ1n) is 10.0. The molecule has 1 amide bonds. The molecule has 6 heteroatoms. The summed E-state index contributed by atoms with van der Waals surface area (Å²) in [6, 6.07) is 9.33. The van der Waals surface area contributed by atoms with E-state index in [1.807, 2.05) is 45.9 Å². The van der Waals surface area contributed by atoms with E-state index < -0.39 is 0 Å². The van der Waals surface area contributed by atoms with Gasteiger partial charge in [-0.2, -0.15) is 0 Å². The molecule has 30 heavy (non-hydrogen) atoms. The lowest BCUT2D eigenvalue weighted by Gasteiger charge is -2.23. The molecule has 0 atom stereocenters. The highest BCUT2D eigenvalue weighted by atomic mass is 16.5. The van der Waals surface area contributed by atoms with Gasteiger partial charge in [0, 0.05) is 30.4 Å². The summed E-state index contributed by atoms with van der Waals surface area (Å²) >= 11 is 0. The van der Waals surface area contributed by atoms with E-state index in [9.17, 15) is 9.59 Å². The number of anilines is 1. The Bertz CT molecular complexity index is 1160. The SMILES string of the molecule is CCN(C(=O)c1cn(CC)c(=O)c2cc(OC)c(OC)cc12)c1ccc(C)c(C)c1. The molecule has 0 fully saturated rings. The highest BCUT2D eigenvalue weighted by molar-refractivity contribution is 6.14. The number of carbonyl (C=O) groups excluding carboxylic acids is 1. The number of nitrogens with zero attached hydrogens (tertiary/aromatic N) is 2. The Hall–Kier alpha value is -3.28. The summed E-state index contributed by atoms with van der Waals surface area (Å²) in [6.45, 7) is 8.85. The van der Waals surface area contributed by atoms with Gasteiger partial charge in [0.15, 0.2) is 11.5 Å². The molecule has 6 nitrogen and oxygen atoms in total. The summed E-state index contributed by atoms with van der Waals surface area (Å²) in [5, 5.41) is 0.978. The van der Waals surface area contributed by atoms with Gasteiger partial charge < -0.3 is 18.9 Å². The van der Waals surface area contributed by atoms with Crippen LogP contribution in [0.5, 0.6) is 11.5 Å². The van der Waals surface area contributed by atoms with E-state index in [0.717, 1.165) is 11.3 Å². The first-order chi connectivity index (χ1) is 14.4. The molecule has 0 spiro atoms. The van der Waals surface area contributed by atoms with Crippen molar-refractivity contribution in [2.24, 2.45) is 0 Å². The number of carbonyl (C=O) groups is 1. The van der Waals surface area contributed by atoms with Crippen molar-refractivity contribution in [3.05, 3.63) is 63.6 Å². The molecule has 0 saturated heterocycles. The van der Waals surface area contributed by atoms with E-state index in [-0.39, 0.29) is 11.5 Å². The van der Waals surface area contributed by atoms with Crippen molar-refractivity contribution < 1.29 is 14.3 Å². The van der Waals surface area contributed by atoms with Gasteiger partial charge in [-0.25, -0.2) is 0 Å². The Balaban J connectivity index is 2.26. The first-order valence-corrected chi connectivity index (χ1v) is 10.0. The number of aromatic nitrogens is 1. The van der Waals surface area contributed by atoms with Gasteiger partial charge in [0.1, 0.15) is 0 Å². The number of rotatable bonds is 6. The number of benzene rings is 2. The van der Waals surface area contributed by atoms with Crippen molar-refractivity contribution in [1.82, 2.24) is 4.57 Å². The maximum absolute atomic E-state index is 13.7. The van der Waals surface area contributed by atoms with Gasteiger partial charge >= 0.3 is 0 Å². The number of pyridine rings is 1. The average Bonchev–Trinajstić information content (AvgIpc) is 2.76. The summed E-state index contributed by atoms with van der Waals surface area (Å²) in [7, 11) is 3.06. The van der Waals surface area contributed by atoms with Crippen molar-refractivity contribution in [3.63, 3.8) is 0 Å². The quantitative estimate of drug-likeness (QED) is 0.609. The van der Waals surface area contributed by atoms with E-state index in [2.05, 4.69) is 0 Å². The minimum Gasteiger partial charge on any atom is -0.493 e. The second kappa shape index (κ2) is 8.61. The summed E-state index contributed by atoms with van der Waals surface area (Å²) in [4.78, 5) is 28.3. The third kappa shape index (κ3) is 3.65. The lowest BCUT2D eigenvalue weighted by Crippen LogP contribution is -2.32. The maximum Gasteiger partial charge on any atom is 0.260 e. The number of hydrogen-bond donors (Lipinski definition) is 0. The molecule has 0 aliphatic carbocycles. The Kier molecular flexibility index (Phi) is 6.15. The normalized spacial score (nSPS) is 10.9. The van der Waals surface area contributed by atoms with Crippen LogP contribution < -0.4 is 19.9 Å². The lowest BCUT2D eigenvalue weighted by atomic mass is 10.0. The van der Waals surface area contributed by atoms with Crippen molar-refractivity contribution in [1.29, 1.82) is 0 Å². The summed E-state index contributed by atoms with van der Waals surface area (Å²) in [5.41, 5.74) is 3.40. The van der Waals surface area contributed by atoms with E-state index in [4.69, 9.17) is 9.47 Å². The van der Waals surface area contributed by atoms with Crippen LogP contribution in [0.4, 0.5) is 5.69 Å². The highest BCUT2D eigenvalue weighted by Gasteiger charge is 2.22. The van der Waals surface area contributed by atoms with Crippen molar-refractivity contribution in [3.8, 4) is 11.5 Å². The second-order valence-corrected chi connectivity index (χ2v) is 7.20. The molecule has 2 aromatic carbocycles. The molecule has 0 radical (unpaired) electrons. The van der Waals surface area contributed by atoms with Crippen molar-refractivity contribution in [2.75, 3.05) is 25.7 Å². The molecule has 0 bridgehead atoms. The number of fused-ring (bicyclic) bond motifs is 1. The minimum absolute atomic E-state index is 0.167. The number of methoxy groups -OCH3 is 2. The zero-order valence-electron chi connectivity index (χ0n) is 18.4. The highest BCUT2D eigenvalue weighted by Crippen LogP contribution is 2.33. The van der Waals surface area contributed by atoms with Crippen molar-refractivity contribution >= 4 is 22.4 Å². The van der Waals surface area contributed by atoms with Crippen LogP contribution >= 0.6 is 0 Å². The predicted molar refractivity (Wildman–Crippen MR) is 120 cm³/mol. The number of amides is 1. The largest absolute Gasteiger partial charge is 0.493 e. The van der Waals surface area contributed by atoms with Crippen LogP contribution in [0.15, 0.2) is 41.3 Å². The Morgan fingerprint density at radius 1 is 0.967 bits per heavy atom. The number of ether oxygens (including phenoxy) is 2. The van der Waals surface area contributed by atoms with Crippen LogP contribution in [0.1, 0.15) is 35.3 Å². The fraction of sp³-hybridized carbons (Fsp3) is 0.333. The van der Waals surface area contributed by atoms with Crippen molar-refractivity contribution in [2.45, 2.75) is 34.2 Å². The van der Waals surface area contributed by atoms with Gasteiger partial charge in [0.25, 0.3) is 11.5 Å². The molecule has 3 aromatic rings. The molecule has 0 saturated carbocycles. The number of hydrogen-bond acceptors (Lipinski definition) is 4. The van der Waals surface area contributed by atoms with Crippen LogP contribution in [-0.4, -0.2) is 31.2 Å². The van der Waals surface area contributed by atoms with Crippen LogP contribution in [0.25, 0.3) is 10.8 Å². The van der Waals surface area contributed by atoms with Gasteiger partial charge in [0.05, 0.1) is 25.2 Å². The summed E-state index contributed by atoms with van der Waals surface area (Å²) in [5.74, 6) is 0.762. The predicted octanol–water partition coefficient (Wildman–Crippen LogP) is 4.32. The lowest BCUT2D eigenvalue weighted by molar-refractivity contribution is 0.0989. The topological polar surface area (TPSA) is 60.8 Å². The van der Waals surface area contributed by atoms with Gasteiger partial charge in [-0.05, 0) is 63.1 Å². The summed E-state index contributed by atoms with van der Waals surface area (Å²) < 4.78 is 12.3. The molecule has 158 valence electrons. The third-order valence-corrected chi connectivity index (χ3v) is 5.52. The monoisotopic (exact) mass is 408 g/mol. The fourth-order valence-corrected chi connectivity index (χ4v) is 3.61. The maximum atomic E-state index is 13.7. The fourth-order valence-electron chi connectivity index (χ4n) is 3.61. The van der Waals surface area contributed by atoms with Gasteiger partial charge in [0.2, 0.25) is 0 Å².